The number of anilines is 2. The van der Waals surface area contributed by atoms with Crippen LogP contribution in [-0.4, -0.2) is 41.0 Å². The zero-order valence-electron chi connectivity index (χ0n) is 17.2. The van der Waals surface area contributed by atoms with E-state index >= 15 is 0 Å². The number of aromatic nitrogens is 1. The van der Waals surface area contributed by atoms with Crippen LogP contribution in [0.25, 0.3) is 0 Å². The van der Waals surface area contributed by atoms with Gasteiger partial charge in [-0.3, -0.25) is 14.9 Å². The summed E-state index contributed by atoms with van der Waals surface area (Å²) in [6.07, 6.45) is 2.28. The number of pyridine rings is 1. The molecule has 1 aromatic carbocycles. The highest BCUT2D eigenvalue weighted by atomic mass is 35.5. The van der Waals surface area contributed by atoms with Crippen LogP contribution in [-0.2, 0) is 9.53 Å². The molecule has 0 unspecified atom stereocenters. The number of nitro groups is 1. The number of carbonyl (C=O) groups excluding carboxylic acids is 2. The minimum Gasteiger partial charge on any atom is -0.449 e. The lowest BCUT2D eigenvalue weighted by molar-refractivity contribution is -0.384. The Hall–Kier alpha value is -3.20. The van der Waals surface area contributed by atoms with Gasteiger partial charge in [0.15, 0.2) is 6.10 Å². The molecule has 0 spiro atoms. The van der Waals surface area contributed by atoms with Gasteiger partial charge in [0.2, 0.25) is 0 Å². The molecule has 1 saturated heterocycles. The predicted octanol–water partition coefficient (Wildman–Crippen LogP) is 4.06. The smallest absolute Gasteiger partial charge is 0.339 e. The number of ether oxygens (including phenoxy) is 1. The van der Waals surface area contributed by atoms with Crippen molar-refractivity contribution < 1.29 is 19.2 Å². The molecule has 1 fully saturated rings. The highest BCUT2D eigenvalue weighted by molar-refractivity contribution is 6.30. The van der Waals surface area contributed by atoms with Crippen LogP contribution >= 0.6 is 11.6 Å². The van der Waals surface area contributed by atoms with Gasteiger partial charge in [0.1, 0.15) is 11.5 Å². The fraction of sp³-hybridized carbons (Fsp3) is 0.381. The molecule has 1 aliphatic rings. The van der Waals surface area contributed by atoms with Gasteiger partial charge < -0.3 is 15.0 Å². The van der Waals surface area contributed by atoms with Crippen molar-refractivity contribution in [3.05, 3.63) is 57.2 Å². The van der Waals surface area contributed by atoms with Crippen molar-refractivity contribution in [3.8, 4) is 0 Å². The van der Waals surface area contributed by atoms with E-state index < -0.39 is 22.9 Å². The monoisotopic (exact) mass is 446 g/mol. The van der Waals surface area contributed by atoms with E-state index in [-0.39, 0.29) is 17.1 Å². The number of halogens is 1. The molecule has 0 radical (unpaired) electrons. The number of hydrogen-bond acceptors (Lipinski definition) is 7. The van der Waals surface area contributed by atoms with E-state index in [9.17, 15) is 19.7 Å². The van der Waals surface area contributed by atoms with Gasteiger partial charge in [0.25, 0.3) is 11.6 Å². The zero-order valence-corrected chi connectivity index (χ0v) is 18.0. The first-order valence-corrected chi connectivity index (χ1v) is 10.3. The van der Waals surface area contributed by atoms with E-state index in [0.717, 1.165) is 25.9 Å². The number of esters is 1. The standard InChI is InChI=1S/C21H23ClN4O5/c1-13-4-3-9-25(12-13)17-7-5-15(10-18(17)26(29)30)21(28)31-14(2)20(27)24-19-8-6-16(22)11-23-19/h5-8,10-11,13-14H,3-4,9,12H2,1-2H3,(H,23,24,27)/t13-,14+/m0/s1. The number of nitrogens with one attached hydrogen (secondary N) is 1. The lowest BCUT2D eigenvalue weighted by Gasteiger charge is -2.32. The fourth-order valence-corrected chi connectivity index (χ4v) is 3.54. The minimum atomic E-state index is -1.13. The van der Waals surface area contributed by atoms with Crippen LogP contribution in [0.2, 0.25) is 5.02 Å². The number of carbonyl (C=O) groups is 2. The first-order valence-electron chi connectivity index (χ1n) is 9.91. The topological polar surface area (TPSA) is 115 Å². The van der Waals surface area contributed by atoms with E-state index in [1.54, 1.807) is 12.1 Å². The van der Waals surface area contributed by atoms with Gasteiger partial charge in [-0.15, -0.1) is 0 Å². The number of nitro benzene ring substituents is 1. The molecule has 1 aliphatic heterocycles. The van der Waals surface area contributed by atoms with Crippen molar-refractivity contribution in [1.82, 2.24) is 4.98 Å². The third-order valence-electron chi connectivity index (χ3n) is 5.04. The minimum absolute atomic E-state index is 0.00442. The fourth-order valence-electron chi connectivity index (χ4n) is 3.43. The Morgan fingerprint density at radius 1 is 1.35 bits per heavy atom. The highest BCUT2D eigenvalue weighted by Crippen LogP contribution is 2.32. The molecule has 10 heteroatoms. The van der Waals surface area contributed by atoms with Crippen LogP contribution in [0.15, 0.2) is 36.5 Å². The average molecular weight is 447 g/mol. The van der Waals surface area contributed by atoms with Gasteiger partial charge >= 0.3 is 5.97 Å². The van der Waals surface area contributed by atoms with Crippen LogP contribution in [0.3, 0.4) is 0 Å². The van der Waals surface area contributed by atoms with Crippen molar-refractivity contribution in [2.45, 2.75) is 32.8 Å². The Morgan fingerprint density at radius 2 is 2.13 bits per heavy atom. The van der Waals surface area contributed by atoms with E-state index in [1.165, 1.54) is 31.3 Å². The lowest BCUT2D eigenvalue weighted by atomic mass is 9.99. The number of amides is 1. The van der Waals surface area contributed by atoms with Crippen molar-refractivity contribution >= 4 is 40.7 Å². The second-order valence-electron chi connectivity index (χ2n) is 7.55. The molecule has 0 bridgehead atoms. The second-order valence-corrected chi connectivity index (χ2v) is 7.99. The molecule has 0 saturated carbocycles. The van der Waals surface area contributed by atoms with Crippen LogP contribution in [0.4, 0.5) is 17.2 Å². The molecular formula is C21H23ClN4O5. The summed E-state index contributed by atoms with van der Waals surface area (Å²) >= 11 is 5.75. The summed E-state index contributed by atoms with van der Waals surface area (Å²) in [5.41, 5.74) is 0.323. The Bertz CT molecular complexity index is 982. The first kappa shape index (κ1) is 22.5. The summed E-state index contributed by atoms with van der Waals surface area (Å²) < 4.78 is 5.19. The Kier molecular flexibility index (Phi) is 7.06. The highest BCUT2D eigenvalue weighted by Gasteiger charge is 2.26. The molecule has 9 nitrogen and oxygen atoms in total. The normalized spacial score (nSPS) is 17.0. The molecule has 3 rings (SSSR count). The van der Waals surface area contributed by atoms with Crippen molar-refractivity contribution in [1.29, 1.82) is 0 Å². The maximum absolute atomic E-state index is 12.5. The molecule has 31 heavy (non-hydrogen) atoms. The van der Waals surface area contributed by atoms with Crippen LogP contribution in [0, 0.1) is 16.0 Å². The Balaban J connectivity index is 1.70. The Morgan fingerprint density at radius 3 is 2.77 bits per heavy atom. The SMILES string of the molecule is C[C@H]1CCCN(c2ccc(C(=O)O[C@H](C)C(=O)Nc3ccc(Cl)cn3)cc2[N+](=O)[O-])C1. The van der Waals surface area contributed by atoms with E-state index in [0.29, 0.717) is 16.6 Å². The van der Waals surface area contributed by atoms with Crippen LogP contribution in [0.1, 0.15) is 37.0 Å². The second kappa shape index (κ2) is 9.74. The third-order valence-corrected chi connectivity index (χ3v) is 5.26. The lowest BCUT2D eigenvalue weighted by Crippen LogP contribution is -2.34. The van der Waals surface area contributed by atoms with Gasteiger partial charge in [-0.05, 0) is 49.9 Å². The summed E-state index contributed by atoms with van der Waals surface area (Å²) in [6, 6.07) is 7.32. The number of nitrogens with zero attached hydrogens (tertiary/aromatic N) is 3. The maximum atomic E-state index is 12.5. The van der Waals surface area contributed by atoms with Gasteiger partial charge in [-0.1, -0.05) is 18.5 Å². The van der Waals surface area contributed by atoms with Gasteiger partial charge in [0.05, 0.1) is 15.5 Å². The van der Waals surface area contributed by atoms with Crippen LogP contribution in [0.5, 0.6) is 0 Å². The molecule has 2 heterocycles. The number of benzene rings is 1. The summed E-state index contributed by atoms with van der Waals surface area (Å²) in [5, 5.41) is 14.6. The Labute approximate surface area is 184 Å². The largest absolute Gasteiger partial charge is 0.449 e. The summed E-state index contributed by atoms with van der Waals surface area (Å²) in [5.74, 6) is -0.717. The molecule has 164 valence electrons. The molecule has 2 atom stereocenters. The number of hydrogen-bond donors (Lipinski definition) is 1. The van der Waals surface area contributed by atoms with E-state index in [4.69, 9.17) is 16.3 Å². The van der Waals surface area contributed by atoms with Crippen molar-refractivity contribution in [2.75, 3.05) is 23.3 Å². The summed E-state index contributed by atoms with van der Waals surface area (Å²) in [4.78, 5) is 41.8. The maximum Gasteiger partial charge on any atom is 0.339 e. The third kappa shape index (κ3) is 5.69. The molecule has 2 aromatic rings. The van der Waals surface area contributed by atoms with E-state index in [2.05, 4.69) is 17.2 Å². The van der Waals surface area contributed by atoms with E-state index in [1.807, 2.05) is 4.90 Å². The summed E-state index contributed by atoms with van der Waals surface area (Å²) in [7, 11) is 0. The number of piperidine rings is 1. The molecule has 0 aliphatic carbocycles. The summed E-state index contributed by atoms with van der Waals surface area (Å²) in [6.45, 7) is 4.96. The average Bonchev–Trinajstić information content (AvgIpc) is 2.74. The van der Waals surface area contributed by atoms with Gasteiger partial charge in [0, 0.05) is 25.4 Å². The quantitative estimate of drug-likeness (QED) is 0.404. The molecular weight excluding hydrogens is 424 g/mol. The van der Waals surface area contributed by atoms with Gasteiger partial charge in [-0.25, -0.2) is 9.78 Å². The number of rotatable bonds is 6. The van der Waals surface area contributed by atoms with Crippen LogP contribution < -0.4 is 10.2 Å². The zero-order chi connectivity index (χ0) is 22.5. The molecule has 1 amide bonds. The van der Waals surface area contributed by atoms with Crippen molar-refractivity contribution in [2.24, 2.45) is 5.92 Å². The molecule has 1 N–H and O–H groups in total. The molecule has 1 aromatic heterocycles. The first-order chi connectivity index (χ1) is 14.7. The van der Waals surface area contributed by atoms with Gasteiger partial charge in [-0.2, -0.15) is 0 Å². The predicted molar refractivity (Wildman–Crippen MR) is 116 cm³/mol. The van der Waals surface area contributed by atoms with Crippen molar-refractivity contribution in [3.63, 3.8) is 0 Å².